The SMILES string of the molecule is Nc1ccc2c(C(=O)NCc3nccs3)c[nH]c2c1. The summed E-state index contributed by atoms with van der Waals surface area (Å²) >= 11 is 1.52. The number of aromatic nitrogens is 2. The lowest BCUT2D eigenvalue weighted by molar-refractivity contribution is 0.0952. The van der Waals surface area contributed by atoms with Gasteiger partial charge in [0.2, 0.25) is 0 Å². The normalized spacial score (nSPS) is 10.7. The molecule has 2 heterocycles. The third kappa shape index (κ3) is 2.30. The van der Waals surface area contributed by atoms with E-state index in [1.807, 2.05) is 17.5 Å². The Hall–Kier alpha value is -2.34. The molecule has 6 heteroatoms. The van der Waals surface area contributed by atoms with Gasteiger partial charge in [-0.3, -0.25) is 4.79 Å². The van der Waals surface area contributed by atoms with Gasteiger partial charge in [-0.25, -0.2) is 4.98 Å². The molecule has 19 heavy (non-hydrogen) atoms. The van der Waals surface area contributed by atoms with Gasteiger partial charge in [-0.15, -0.1) is 11.3 Å². The van der Waals surface area contributed by atoms with Crippen LogP contribution in [-0.4, -0.2) is 15.9 Å². The van der Waals surface area contributed by atoms with Crippen LogP contribution in [0, 0.1) is 0 Å². The van der Waals surface area contributed by atoms with Crippen LogP contribution in [0.3, 0.4) is 0 Å². The number of fused-ring (bicyclic) bond motifs is 1. The maximum atomic E-state index is 12.1. The van der Waals surface area contributed by atoms with E-state index in [-0.39, 0.29) is 5.91 Å². The second kappa shape index (κ2) is 4.74. The number of nitrogens with two attached hydrogens (primary N) is 1. The van der Waals surface area contributed by atoms with Crippen LogP contribution >= 0.6 is 11.3 Å². The number of thiazole rings is 1. The zero-order valence-electron chi connectivity index (χ0n) is 10.0. The number of hydrogen-bond donors (Lipinski definition) is 3. The average molecular weight is 272 g/mol. The molecule has 0 atom stereocenters. The molecule has 1 aromatic carbocycles. The van der Waals surface area contributed by atoms with Crippen LogP contribution < -0.4 is 11.1 Å². The lowest BCUT2D eigenvalue weighted by atomic mass is 10.1. The topological polar surface area (TPSA) is 83.8 Å². The summed E-state index contributed by atoms with van der Waals surface area (Å²) in [6, 6.07) is 5.44. The Morgan fingerprint density at radius 1 is 1.47 bits per heavy atom. The number of nitrogen functional groups attached to an aromatic ring is 1. The number of H-pyrrole nitrogens is 1. The largest absolute Gasteiger partial charge is 0.399 e. The van der Waals surface area contributed by atoms with Gasteiger partial charge in [-0.2, -0.15) is 0 Å². The summed E-state index contributed by atoms with van der Waals surface area (Å²) in [7, 11) is 0. The number of nitrogens with zero attached hydrogens (tertiary/aromatic N) is 1. The first-order valence-electron chi connectivity index (χ1n) is 5.77. The average Bonchev–Trinajstić information content (AvgIpc) is 3.04. The highest BCUT2D eigenvalue weighted by molar-refractivity contribution is 7.09. The summed E-state index contributed by atoms with van der Waals surface area (Å²) in [5, 5.41) is 6.49. The van der Waals surface area contributed by atoms with E-state index in [4.69, 9.17) is 5.73 Å². The number of benzene rings is 1. The zero-order valence-corrected chi connectivity index (χ0v) is 10.8. The molecule has 0 fully saturated rings. The van der Waals surface area contributed by atoms with Gasteiger partial charge >= 0.3 is 0 Å². The van der Waals surface area contributed by atoms with Crippen LogP contribution in [-0.2, 0) is 6.54 Å². The van der Waals surface area contributed by atoms with E-state index in [1.165, 1.54) is 11.3 Å². The molecule has 0 radical (unpaired) electrons. The Labute approximate surface area is 113 Å². The molecule has 0 aliphatic carbocycles. The number of carbonyl (C=O) groups excluding carboxylic acids is 1. The molecule has 0 aliphatic rings. The lowest BCUT2D eigenvalue weighted by Gasteiger charge is -2.02. The zero-order chi connectivity index (χ0) is 13.2. The maximum Gasteiger partial charge on any atom is 0.253 e. The van der Waals surface area contributed by atoms with E-state index in [9.17, 15) is 4.79 Å². The molecule has 0 saturated carbocycles. The summed E-state index contributed by atoms with van der Waals surface area (Å²) in [6.45, 7) is 0.443. The molecule has 0 unspecified atom stereocenters. The van der Waals surface area contributed by atoms with Crippen molar-refractivity contribution in [2.45, 2.75) is 6.54 Å². The van der Waals surface area contributed by atoms with Gasteiger partial charge in [0, 0.05) is 34.4 Å². The fraction of sp³-hybridized carbons (Fsp3) is 0.0769. The summed E-state index contributed by atoms with van der Waals surface area (Å²) in [4.78, 5) is 19.3. The Balaban J connectivity index is 1.81. The summed E-state index contributed by atoms with van der Waals surface area (Å²) < 4.78 is 0. The first kappa shape index (κ1) is 11.7. The number of anilines is 1. The minimum atomic E-state index is -0.119. The molecule has 96 valence electrons. The Kier molecular flexibility index (Phi) is 2.92. The predicted molar refractivity (Wildman–Crippen MR) is 76.0 cm³/mol. The first-order chi connectivity index (χ1) is 9.24. The molecule has 0 spiro atoms. The minimum Gasteiger partial charge on any atom is -0.399 e. The van der Waals surface area contributed by atoms with Crippen LogP contribution in [0.25, 0.3) is 10.9 Å². The van der Waals surface area contributed by atoms with Crippen molar-refractivity contribution >= 4 is 33.8 Å². The van der Waals surface area contributed by atoms with Gasteiger partial charge in [0.25, 0.3) is 5.91 Å². The van der Waals surface area contributed by atoms with Crippen LogP contribution in [0.5, 0.6) is 0 Å². The van der Waals surface area contributed by atoms with Crippen molar-refractivity contribution in [3.63, 3.8) is 0 Å². The molecule has 4 N–H and O–H groups in total. The van der Waals surface area contributed by atoms with Crippen LogP contribution in [0.1, 0.15) is 15.4 Å². The van der Waals surface area contributed by atoms with E-state index >= 15 is 0 Å². The van der Waals surface area contributed by atoms with E-state index < -0.39 is 0 Å². The van der Waals surface area contributed by atoms with Gasteiger partial charge in [-0.1, -0.05) is 0 Å². The van der Waals surface area contributed by atoms with E-state index in [0.29, 0.717) is 17.8 Å². The van der Waals surface area contributed by atoms with Crippen LogP contribution in [0.2, 0.25) is 0 Å². The highest BCUT2D eigenvalue weighted by Crippen LogP contribution is 2.20. The Morgan fingerprint density at radius 3 is 3.16 bits per heavy atom. The molecule has 0 aliphatic heterocycles. The van der Waals surface area contributed by atoms with Crippen LogP contribution in [0.15, 0.2) is 36.0 Å². The Bertz CT molecular complexity index is 717. The first-order valence-corrected chi connectivity index (χ1v) is 6.65. The summed E-state index contributed by atoms with van der Waals surface area (Å²) in [6.07, 6.45) is 3.42. The summed E-state index contributed by atoms with van der Waals surface area (Å²) in [5.41, 5.74) is 7.85. The van der Waals surface area contributed by atoms with Crippen molar-refractivity contribution in [2.75, 3.05) is 5.73 Å². The number of carbonyl (C=O) groups is 1. The molecule has 0 bridgehead atoms. The Morgan fingerprint density at radius 2 is 2.37 bits per heavy atom. The highest BCUT2D eigenvalue weighted by Gasteiger charge is 2.12. The lowest BCUT2D eigenvalue weighted by Crippen LogP contribution is -2.22. The quantitative estimate of drug-likeness (QED) is 0.639. The fourth-order valence-electron chi connectivity index (χ4n) is 1.92. The van der Waals surface area contributed by atoms with Crippen molar-refractivity contribution in [1.29, 1.82) is 0 Å². The number of rotatable bonds is 3. The van der Waals surface area contributed by atoms with Crippen LogP contribution in [0.4, 0.5) is 5.69 Å². The third-order valence-electron chi connectivity index (χ3n) is 2.83. The molecule has 1 amide bonds. The maximum absolute atomic E-state index is 12.1. The number of nitrogens with one attached hydrogen (secondary N) is 2. The highest BCUT2D eigenvalue weighted by atomic mass is 32.1. The van der Waals surface area contributed by atoms with Gasteiger partial charge in [0.1, 0.15) is 5.01 Å². The smallest absolute Gasteiger partial charge is 0.253 e. The van der Waals surface area contributed by atoms with Gasteiger partial charge < -0.3 is 16.0 Å². The number of amides is 1. The third-order valence-corrected chi connectivity index (χ3v) is 3.61. The molecule has 2 aromatic heterocycles. The second-order valence-corrected chi connectivity index (χ2v) is 5.10. The standard InChI is InChI=1S/C13H12N4OS/c14-8-1-2-9-10(6-16-11(9)5-8)13(18)17-7-12-15-3-4-19-12/h1-6,16H,7,14H2,(H,17,18). The van der Waals surface area contributed by atoms with Gasteiger partial charge in [0.05, 0.1) is 12.1 Å². The number of aromatic amines is 1. The predicted octanol–water partition coefficient (Wildman–Crippen LogP) is 2.14. The molecule has 3 aromatic rings. The molecule has 0 saturated heterocycles. The second-order valence-electron chi connectivity index (χ2n) is 4.12. The fourth-order valence-corrected chi connectivity index (χ4v) is 2.48. The van der Waals surface area contributed by atoms with Crippen molar-refractivity contribution in [3.8, 4) is 0 Å². The van der Waals surface area contributed by atoms with E-state index in [1.54, 1.807) is 18.5 Å². The van der Waals surface area contributed by atoms with Crippen molar-refractivity contribution in [2.24, 2.45) is 0 Å². The van der Waals surface area contributed by atoms with Gasteiger partial charge in [0.15, 0.2) is 0 Å². The van der Waals surface area contributed by atoms with Crippen molar-refractivity contribution in [1.82, 2.24) is 15.3 Å². The van der Waals surface area contributed by atoms with E-state index in [0.717, 1.165) is 15.9 Å². The van der Waals surface area contributed by atoms with Crippen molar-refractivity contribution in [3.05, 3.63) is 46.5 Å². The molecule has 5 nitrogen and oxygen atoms in total. The minimum absolute atomic E-state index is 0.119. The summed E-state index contributed by atoms with van der Waals surface area (Å²) in [5.74, 6) is -0.119. The molecule has 3 rings (SSSR count). The number of hydrogen-bond acceptors (Lipinski definition) is 4. The molecular weight excluding hydrogens is 260 g/mol. The van der Waals surface area contributed by atoms with Crippen molar-refractivity contribution < 1.29 is 4.79 Å². The molecular formula is C13H12N4OS. The van der Waals surface area contributed by atoms with E-state index in [2.05, 4.69) is 15.3 Å². The monoisotopic (exact) mass is 272 g/mol. The van der Waals surface area contributed by atoms with Gasteiger partial charge in [-0.05, 0) is 18.2 Å².